The highest BCUT2D eigenvalue weighted by Crippen LogP contribution is 2.33. The fourth-order valence-corrected chi connectivity index (χ4v) is 7.79. The Balaban J connectivity index is 1.49. The second kappa shape index (κ2) is 18.5. The summed E-state index contributed by atoms with van der Waals surface area (Å²) in [5.74, 6) is 0.0831. The smallest absolute Gasteiger partial charge is 0.407 e. The molecule has 5 N–H and O–H groups in total. The van der Waals surface area contributed by atoms with Gasteiger partial charge in [-0.3, -0.25) is 4.79 Å². The van der Waals surface area contributed by atoms with Gasteiger partial charge in [0.15, 0.2) is 6.29 Å². The molecule has 2 aromatic rings. The van der Waals surface area contributed by atoms with E-state index in [0.29, 0.717) is 38.2 Å². The van der Waals surface area contributed by atoms with E-state index in [0.717, 1.165) is 5.56 Å². The van der Waals surface area contributed by atoms with Gasteiger partial charge >= 0.3 is 12.1 Å². The maximum atomic E-state index is 14.2. The summed E-state index contributed by atoms with van der Waals surface area (Å²) in [5, 5.41) is 22.1. The van der Waals surface area contributed by atoms with Gasteiger partial charge in [0.25, 0.3) is 0 Å². The minimum Gasteiger partial charge on any atom is -0.497 e. The predicted molar refractivity (Wildman–Crippen MR) is 187 cm³/mol. The number of aliphatic hydroxyl groups excluding tert-OH is 1. The normalized spacial score (nSPS) is 19.8. The van der Waals surface area contributed by atoms with Crippen LogP contribution in [-0.2, 0) is 35.4 Å². The first-order valence-electron chi connectivity index (χ1n) is 17.1. The Morgan fingerprint density at radius 2 is 1.78 bits per heavy atom. The number of carbonyl (C=O) groups is 3. The van der Waals surface area contributed by atoms with Crippen LogP contribution in [0.4, 0.5) is 9.59 Å². The minimum atomic E-state index is -4.15. The zero-order valence-electron chi connectivity index (χ0n) is 29.6. The van der Waals surface area contributed by atoms with E-state index in [1.54, 1.807) is 12.1 Å². The molecule has 5 atom stereocenters. The number of methoxy groups -OCH3 is 1. The zero-order valence-corrected chi connectivity index (χ0v) is 30.4. The summed E-state index contributed by atoms with van der Waals surface area (Å²) < 4.78 is 51.7. The van der Waals surface area contributed by atoms with Gasteiger partial charge in [-0.25, -0.2) is 18.0 Å². The summed E-state index contributed by atoms with van der Waals surface area (Å²) in [6.45, 7) is 4.36. The number of hydrogen-bond donors (Lipinski definition) is 5. The molecule has 0 aromatic heterocycles. The van der Waals surface area contributed by atoms with E-state index in [1.807, 2.05) is 44.2 Å². The lowest BCUT2D eigenvalue weighted by Crippen LogP contribution is -2.52. The van der Waals surface area contributed by atoms with E-state index in [9.17, 15) is 27.9 Å². The zero-order chi connectivity index (χ0) is 37.0. The van der Waals surface area contributed by atoms with Crippen LogP contribution in [0.15, 0.2) is 59.5 Å². The first-order chi connectivity index (χ1) is 24.3. The molecule has 2 heterocycles. The number of ether oxygens (including phenoxy) is 4. The third kappa shape index (κ3) is 11.8. The molecule has 0 radical (unpaired) electrons. The molecule has 4 rings (SSSR count). The number of aliphatic hydroxyl groups is 1. The summed E-state index contributed by atoms with van der Waals surface area (Å²) in [7, 11) is -1.19. The lowest BCUT2D eigenvalue weighted by molar-refractivity contribution is -0.119. The van der Waals surface area contributed by atoms with Crippen molar-refractivity contribution in [2.45, 2.75) is 69.0 Å². The molecule has 0 bridgehead atoms. The van der Waals surface area contributed by atoms with Gasteiger partial charge in [-0.2, -0.15) is 4.31 Å². The highest BCUT2D eigenvalue weighted by molar-refractivity contribution is 7.89. The number of hydrogen-bond acceptors (Lipinski definition) is 10. The molecule has 2 aliphatic heterocycles. The van der Waals surface area contributed by atoms with Crippen molar-refractivity contribution in [2.24, 2.45) is 11.3 Å². The molecule has 0 saturated carbocycles. The lowest BCUT2D eigenvalue weighted by atomic mass is 9.87. The second-order valence-corrected chi connectivity index (χ2v) is 15.4. The highest BCUT2D eigenvalue weighted by Gasteiger charge is 2.44. The van der Waals surface area contributed by atoms with Gasteiger partial charge in [0.1, 0.15) is 11.9 Å². The Kier molecular flexibility index (Phi) is 14.4. The Hall–Kier alpha value is -3.96. The predicted octanol–water partition coefficient (Wildman–Crippen LogP) is 2.00. The molecule has 15 nitrogen and oxygen atoms in total. The van der Waals surface area contributed by atoms with Gasteiger partial charge < -0.3 is 45.3 Å². The lowest BCUT2D eigenvalue weighted by Gasteiger charge is -2.35. The summed E-state index contributed by atoms with van der Waals surface area (Å²) in [6.07, 6.45) is -1.05. The number of sulfonamides is 1. The number of nitrogens with zero attached hydrogens (tertiary/aromatic N) is 1. The van der Waals surface area contributed by atoms with Crippen molar-refractivity contribution in [3.8, 4) is 5.75 Å². The van der Waals surface area contributed by atoms with E-state index in [1.165, 1.54) is 30.6 Å². The quantitative estimate of drug-likeness (QED) is 0.142. The van der Waals surface area contributed by atoms with Crippen LogP contribution < -0.4 is 26.0 Å². The first kappa shape index (κ1) is 39.8. The van der Waals surface area contributed by atoms with Crippen LogP contribution in [0, 0.1) is 11.3 Å². The summed E-state index contributed by atoms with van der Waals surface area (Å²) in [6, 6.07) is 13.9. The standard InChI is InChI=1S/C35H51N5O10S/c1-35(2,16-8-17-37-33(43)38-20-31(42)36-3)23-40(51(45,46)26-13-11-25(47-4)12-14-26)21-29(41)28(19-24-9-6-5-7-10-24)39-34(44)50-30-22-49-32-27(30)15-18-48-32/h5-7,9-14,27-30,32,41H,8,15-23H2,1-4H3,(H,36,42)(H,39,44)(H2,37,38,43)/t27-,28-,29+,30-,32+/m0/s1. The Morgan fingerprint density at radius 3 is 2.47 bits per heavy atom. The van der Waals surface area contributed by atoms with Crippen molar-refractivity contribution < 1.29 is 46.9 Å². The van der Waals surface area contributed by atoms with E-state index in [4.69, 9.17) is 18.9 Å². The van der Waals surface area contributed by atoms with Gasteiger partial charge in [-0.15, -0.1) is 0 Å². The molecule has 282 valence electrons. The van der Waals surface area contributed by atoms with Gasteiger partial charge in [0, 0.05) is 26.7 Å². The molecule has 2 aromatic carbocycles. The average molecular weight is 734 g/mol. The summed E-state index contributed by atoms with van der Waals surface area (Å²) in [4.78, 5) is 36.7. The SMILES string of the molecule is CNC(=O)CNC(=O)NCCCC(C)(C)CN(C[C@@H](O)[C@H](Cc1ccccc1)NC(=O)O[C@H]1CO[C@H]2OCC[C@H]21)S(=O)(=O)c1ccc(OC)cc1. The van der Waals surface area contributed by atoms with Crippen molar-refractivity contribution in [3.63, 3.8) is 0 Å². The van der Waals surface area contributed by atoms with Crippen molar-refractivity contribution in [1.29, 1.82) is 0 Å². The van der Waals surface area contributed by atoms with E-state index in [-0.39, 0.29) is 49.4 Å². The van der Waals surface area contributed by atoms with Crippen molar-refractivity contribution in [2.75, 3.05) is 53.6 Å². The largest absolute Gasteiger partial charge is 0.497 e. The first-order valence-corrected chi connectivity index (χ1v) is 18.5. The molecule has 2 saturated heterocycles. The molecule has 0 unspecified atom stereocenters. The van der Waals surface area contributed by atoms with E-state index < -0.39 is 52.1 Å². The third-order valence-corrected chi connectivity index (χ3v) is 10.8. The van der Waals surface area contributed by atoms with Gasteiger partial charge in [0.2, 0.25) is 15.9 Å². The highest BCUT2D eigenvalue weighted by atomic mass is 32.2. The summed E-state index contributed by atoms with van der Waals surface area (Å²) in [5.41, 5.74) is 0.218. The van der Waals surface area contributed by atoms with Gasteiger partial charge in [-0.1, -0.05) is 44.2 Å². The third-order valence-electron chi connectivity index (χ3n) is 9.01. The molecule has 51 heavy (non-hydrogen) atoms. The molecule has 2 fully saturated rings. The van der Waals surface area contributed by atoms with E-state index >= 15 is 0 Å². The fourth-order valence-electron chi connectivity index (χ4n) is 6.14. The van der Waals surface area contributed by atoms with Crippen LogP contribution in [0.2, 0.25) is 0 Å². The Bertz CT molecular complexity index is 1540. The molecule has 16 heteroatoms. The molecule has 2 aliphatic rings. The van der Waals surface area contributed by atoms with Gasteiger partial charge in [0.05, 0.1) is 49.8 Å². The number of carbonyl (C=O) groups excluding carboxylic acids is 3. The van der Waals surface area contributed by atoms with Crippen LogP contribution >= 0.6 is 0 Å². The molecular weight excluding hydrogens is 682 g/mol. The molecule has 4 amide bonds. The maximum absolute atomic E-state index is 14.2. The van der Waals surface area contributed by atoms with Crippen molar-refractivity contribution in [1.82, 2.24) is 25.6 Å². The molecule has 0 aliphatic carbocycles. The summed E-state index contributed by atoms with van der Waals surface area (Å²) >= 11 is 0. The van der Waals surface area contributed by atoms with Crippen molar-refractivity contribution in [3.05, 3.63) is 60.2 Å². The average Bonchev–Trinajstić information content (AvgIpc) is 3.74. The van der Waals surface area contributed by atoms with Crippen LogP contribution in [0.25, 0.3) is 0 Å². The van der Waals surface area contributed by atoms with Crippen LogP contribution in [0.1, 0.15) is 38.7 Å². The number of amides is 4. The van der Waals surface area contributed by atoms with Crippen LogP contribution in [0.5, 0.6) is 5.75 Å². The van der Waals surface area contributed by atoms with E-state index in [2.05, 4.69) is 21.3 Å². The molecule has 0 spiro atoms. The fraction of sp³-hybridized carbons (Fsp3) is 0.571. The minimum absolute atomic E-state index is 0.0160. The Labute approximate surface area is 299 Å². The topological polar surface area (TPSA) is 194 Å². The number of rotatable bonds is 18. The number of nitrogens with one attached hydrogen (secondary N) is 4. The maximum Gasteiger partial charge on any atom is 0.407 e. The van der Waals surface area contributed by atoms with Crippen LogP contribution in [-0.4, -0.2) is 114 Å². The number of benzene rings is 2. The molecular formula is C35H51N5O10S. The number of urea groups is 1. The van der Waals surface area contributed by atoms with Crippen molar-refractivity contribution >= 4 is 28.1 Å². The van der Waals surface area contributed by atoms with Crippen LogP contribution in [0.3, 0.4) is 0 Å². The number of fused-ring (bicyclic) bond motifs is 1. The number of likely N-dealkylation sites (N-methyl/N-ethyl adjacent to an activating group) is 1. The van der Waals surface area contributed by atoms with Gasteiger partial charge in [-0.05, 0) is 60.9 Å². The number of alkyl carbamates (subject to hydrolysis) is 1. The monoisotopic (exact) mass is 733 g/mol. The Morgan fingerprint density at radius 1 is 1.06 bits per heavy atom. The second-order valence-electron chi connectivity index (χ2n) is 13.5.